The van der Waals surface area contributed by atoms with Gasteiger partial charge in [0, 0.05) is 11.3 Å². The van der Waals surface area contributed by atoms with Gasteiger partial charge in [0.05, 0.1) is 0 Å². The quantitative estimate of drug-likeness (QED) is 0.645. The topological polar surface area (TPSA) is 37.3 Å². The molecular weight excluding hydrogens is 207 g/mol. The molecule has 3 rings (SSSR count). The molecule has 0 radical (unpaired) electrons. The van der Waals surface area contributed by atoms with Crippen LogP contribution >= 0.6 is 7.37 Å². The Bertz CT molecular complexity index is 276. The molecule has 1 saturated heterocycles. The van der Waals surface area contributed by atoms with E-state index in [-0.39, 0.29) is 11.3 Å². The molecule has 1 aliphatic heterocycles. The highest BCUT2D eigenvalue weighted by Crippen LogP contribution is 2.70. The summed E-state index contributed by atoms with van der Waals surface area (Å²) >= 11 is 0. The molecule has 2 aliphatic carbocycles. The first-order valence-corrected chi connectivity index (χ1v) is 8.33. The molecular formula is C12H21O2P. The van der Waals surface area contributed by atoms with Crippen molar-refractivity contribution in [2.45, 2.75) is 62.7 Å². The van der Waals surface area contributed by atoms with Gasteiger partial charge in [-0.05, 0) is 37.5 Å². The van der Waals surface area contributed by atoms with Crippen LogP contribution < -0.4 is 0 Å². The van der Waals surface area contributed by atoms with Crippen molar-refractivity contribution in [2.75, 3.05) is 0 Å². The van der Waals surface area contributed by atoms with Gasteiger partial charge in [-0.25, -0.2) is 0 Å². The fraction of sp³-hybridized carbons (Fsp3) is 1.00. The summed E-state index contributed by atoms with van der Waals surface area (Å²) in [5.74, 6) is 1.22. The number of rotatable bonds is 0. The lowest BCUT2D eigenvalue weighted by Crippen LogP contribution is -2.26. The molecule has 5 atom stereocenters. The Kier molecular flexibility index (Phi) is 2.48. The molecule has 2 saturated carbocycles. The Morgan fingerprint density at radius 1 is 0.800 bits per heavy atom. The van der Waals surface area contributed by atoms with Gasteiger partial charge in [-0.15, -0.1) is 0 Å². The van der Waals surface area contributed by atoms with Gasteiger partial charge >= 0.3 is 0 Å². The zero-order valence-corrected chi connectivity index (χ0v) is 10.2. The van der Waals surface area contributed by atoms with Gasteiger partial charge < -0.3 is 4.89 Å². The van der Waals surface area contributed by atoms with Crippen LogP contribution in [-0.4, -0.2) is 16.2 Å². The second kappa shape index (κ2) is 3.60. The third kappa shape index (κ3) is 1.45. The molecule has 0 spiro atoms. The van der Waals surface area contributed by atoms with Crippen LogP contribution in [0.4, 0.5) is 0 Å². The molecule has 15 heavy (non-hydrogen) atoms. The Hall–Kier alpha value is 0.190. The number of hydrogen-bond acceptors (Lipinski definition) is 1. The van der Waals surface area contributed by atoms with Crippen LogP contribution in [0.2, 0.25) is 0 Å². The summed E-state index contributed by atoms with van der Waals surface area (Å²) in [6.45, 7) is 0. The van der Waals surface area contributed by atoms with Crippen LogP contribution in [-0.2, 0) is 4.57 Å². The molecule has 1 N–H and O–H groups in total. The van der Waals surface area contributed by atoms with E-state index in [1.807, 2.05) is 0 Å². The number of fused-ring (bicyclic) bond motifs is 3. The van der Waals surface area contributed by atoms with E-state index in [0.29, 0.717) is 11.8 Å². The van der Waals surface area contributed by atoms with Gasteiger partial charge in [-0.1, -0.05) is 25.7 Å². The second-order valence-electron chi connectivity index (χ2n) is 5.70. The SMILES string of the molecule is O=P1(O)[C@@H]2CCCC[C@H]2[C@H]2CCCC[C@@H]21. The zero-order chi connectivity index (χ0) is 10.5. The normalized spacial score (nSPS) is 54.7. The molecule has 0 aromatic rings. The van der Waals surface area contributed by atoms with Crippen molar-refractivity contribution in [3.8, 4) is 0 Å². The highest BCUT2D eigenvalue weighted by atomic mass is 31.2. The first kappa shape index (κ1) is 10.4. The predicted octanol–water partition coefficient (Wildman–Crippen LogP) is 3.39. The zero-order valence-electron chi connectivity index (χ0n) is 9.27. The Morgan fingerprint density at radius 2 is 1.20 bits per heavy atom. The molecule has 3 heteroatoms. The monoisotopic (exact) mass is 228 g/mol. The van der Waals surface area contributed by atoms with Gasteiger partial charge in [0.2, 0.25) is 7.37 Å². The minimum Gasteiger partial charge on any atom is -0.344 e. The minimum absolute atomic E-state index is 0.194. The van der Waals surface area contributed by atoms with Crippen LogP contribution in [0.1, 0.15) is 51.4 Å². The molecule has 1 unspecified atom stereocenters. The summed E-state index contributed by atoms with van der Waals surface area (Å²) in [5, 5.41) is 0. The van der Waals surface area contributed by atoms with Crippen LogP contribution in [0, 0.1) is 11.8 Å². The molecule has 0 amide bonds. The lowest BCUT2D eigenvalue weighted by atomic mass is 9.73. The average Bonchev–Trinajstić information content (AvgIpc) is 2.51. The third-order valence-corrected chi connectivity index (χ3v) is 8.25. The minimum atomic E-state index is -2.81. The van der Waals surface area contributed by atoms with E-state index < -0.39 is 7.37 Å². The van der Waals surface area contributed by atoms with Crippen molar-refractivity contribution in [3.05, 3.63) is 0 Å². The van der Waals surface area contributed by atoms with Crippen LogP contribution in [0.3, 0.4) is 0 Å². The first-order chi connectivity index (χ1) is 7.21. The van der Waals surface area contributed by atoms with E-state index in [9.17, 15) is 9.46 Å². The van der Waals surface area contributed by atoms with E-state index in [1.165, 1.54) is 38.5 Å². The van der Waals surface area contributed by atoms with Crippen molar-refractivity contribution >= 4 is 7.37 Å². The third-order valence-electron chi connectivity index (χ3n) is 5.06. The molecule has 1 heterocycles. The standard InChI is InChI=1S/C12H21O2P/c13-15(14)11-7-3-1-5-9(11)10-6-2-4-8-12(10)15/h9-12H,1-8H2,(H,13,14)/t9-,10+,11+,12-. The van der Waals surface area contributed by atoms with Crippen LogP contribution in [0.5, 0.6) is 0 Å². The second-order valence-corrected chi connectivity index (χ2v) is 8.38. The van der Waals surface area contributed by atoms with Crippen molar-refractivity contribution in [1.29, 1.82) is 0 Å². The molecule has 86 valence electrons. The highest BCUT2D eigenvalue weighted by molar-refractivity contribution is 7.60. The lowest BCUT2D eigenvalue weighted by Gasteiger charge is -2.30. The van der Waals surface area contributed by atoms with E-state index in [4.69, 9.17) is 0 Å². The summed E-state index contributed by atoms with van der Waals surface area (Å²) in [4.78, 5) is 10.3. The molecule has 0 aromatic carbocycles. The fourth-order valence-electron chi connectivity index (χ4n) is 4.44. The first-order valence-electron chi connectivity index (χ1n) is 6.53. The van der Waals surface area contributed by atoms with Crippen molar-refractivity contribution in [2.24, 2.45) is 11.8 Å². The van der Waals surface area contributed by atoms with E-state index >= 15 is 0 Å². The largest absolute Gasteiger partial charge is 0.344 e. The van der Waals surface area contributed by atoms with E-state index in [2.05, 4.69) is 0 Å². The molecule has 0 aromatic heterocycles. The Balaban J connectivity index is 1.94. The molecule has 0 bridgehead atoms. The van der Waals surface area contributed by atoms with Crippen molar-refractivity contribution in [1.82, 2.24) is 0 Å². The summed E-state index contributed by atoms with van der Waals surface area (Å²) in [6.07, 6.45) is 9.49. The summed E-state index contributed by atoms with van der Waals surface area (Å²) in [6, 6.07) is 0. The van der Waals surface area contributed by atoms with Gasteiger partial charge in [-0.3, -0.25) is 4.57 Å². The van der Waals surface area contributed by atoms with Crippen molar-refractivity contribution < 1.29 is 9.46 Å². The van der Waals surface area contributed by atoms with Gasteiger partial charge in [0.1, 0.15) is 0 Å². The Labute approximate surface area is 91.9 Å². The summed E-state index contributed by atoms with van der Waals surface area (Å²) in [5.41, 5.74) is 0.388. The predicted molar refractivity (Wildman–Crippen MR) is 61.3 cm³/mol. The van der Waals surface area contributed by atoms with Gasteiger partial charge in [0.25, 0.3) is 0 Å². The van der Waals surface area contributed by atoms with Crippen LogP contribution in [0.15, 0.2) is 0 Å². The summed E-state index contributed by atoms with van der Waals surface area (Å²) in [7, 11) is -2.81. The fourth-order valence-corrected chi connectivity index (χ4v) is 7.88. The average molecular weight is 228 g/mol. The lowest BCUT2D eigenvalue weighted by molar-refractivity contribution is 0.231. The summed E-state index contributed by atoms with van der Waals surface area (Å²) < 4.78 is 12.5. The van der Waals surface area contributed by atoms with Gasteiger partial charge in [0.15, 0.2) is 0 Å². The number of hydrogen-bond donors (Lipinski definition) is 1. The smallest absolute Gasteiger partial charge is 0.207 e. The Morgan fingerprint density at radius 3 is 1.67 bits per heavy atom. The maximum Gasteiger partial charge on any atom is 0.207 e. The molecule has 3 aliphatic rings. The van der Waals surface area contributed by atoms with E-state index in [0.717, 1.165) is 12.8 Å². The highest BCUT2D eigenvalue weighted by Gasteiger charge is 2.57. The van der Waals surface area contributed by atoms with Crippen molar-refractivity contribution in [3.63, 3.8) is 0 Å². The molecule has 3 fully saturated rings. The maximum atomic E-state index is 12.5. The van der Waals surface area contributed by atoms with E-state index in [1.54, 1.807) is 0 Å². The maximum absolute atomic E-state index is 12.5. The van der Waals surface area contributed by atoms with Gasteiger partial charge in [-0.2, -0.15) is 0 Å². The molecule has 2 nitrogen and oxygen atoms in total. The van der Waals surface area contributed by atoms with Crippen LogP contribution in [0.25, 0.3) is 0 Å².